The number of hydrogen-bond donors (Lipinski definition) is 2. The molecule has 0 aliphatic carbocycles. The summed E-state index contributed by atoms with van der Waals surface area (Å²) in [5.41, 5.74) is 8.02. The number of carbonyl (C=O) groups is 1. The van der Waals surface area contributed by atoms with E-state index in [0.29, 0.717) is 30.1 Å². The Bertz CT molecular complexity index is 599. The normalized spacial score (nSPS) is 10.1. The molecule has 0 fully saturated rings. The average Bonchev–Trinajstić information content (AvgIpc) is 2.46. The zero-order valence-electron chi connectivity index (χ0n) is 11.3. The molecule has 1 aromatic carbocycles. The minimum atomic E-state index is -0.0845. The summed E-state index contributed by atoms with van der Waals surface area (Å²) in [5.74, 6) is 0.323. The van der Waals surface area contributed by atoms with Crippen LogP contribution >= 0.6 is 0 Å². The van der Waals surface area contributed by atoms with E-state index < -0.39 is 0 Å². The van der Waals surface area contributed by atoms with Crippen molar-refractivity contribution >= 4 is 17.3 Å². The fraction of sp³-hybridized carbons (Fsp3) is 0.200. The first-order valence-corrected chi connectivity index (χ1v) is 6.32. The van der Waals surface area contributed by atoms with E-state index in [1.54, 1.807) is 18.3 Å². The summed E-state index contributed by atoms with van der Waals surface area (Å²) < 4.78 is 5.08. The number of aromatic nitrogens is 1. The number of amides is 1. The molecule has 0 spiro atoms. The van der Waals surface area contributed by atoms with Crippen molar-refractivity contribution in [1.29, 1.82) is 0 Å². The number of nitrogens with one attached hydrogen (secondary N) is 1. The van der Waals surface area contributed by atoms with Crippen LogP contribution in [0, 0.1) is 0 Å². The standard InChI is InChI=1S/C15H17N3O2/c1-20-15-13(6-3-9-17-15)18-14(19)8-7-11-4-2-5-12(16)10-11/h2-6,9-10H,7-8,16H2,1H3,(H,18,19). The second-order valence-electron chi connectivity index (χ2n) is 4.35. The molecule has 3 N–H and O–H groups in total. The van der Waals surface area contributed by atoms with E-state index in [9.17, 15) is 4.79 Å². The molecule has 104 valence electrons. The Balaban J connectivity index is 1.93. The number of nitrogens with two attached hydrogens (primary N) is 1. The van der Waals surface area contributed by atoms with Crippen LogP contribution in [0.3, 0.4) is 0 Å². The molecule has 0 unspecified atom stereocenters. The number of carbonyl (C=O) groups excluding carboxylic acids is 1. The van der Waals surface area contributed by atoms with Crippen molar-refractivity contribution in [2.24, 2.45) is 0 Å². The van der Waals surface area contributed by atoms with Crippen molar-refractivity contribution in [3.8, 4) is 5.88 Å². The van der Waals surface area contributed by atoms with Crippen LogP contribution in [0.1, 0.15) is 12.0 Å². The molecule has 5 heteroatoms. The van der Waals surface area contributed by atoms with Crippen molar-refractivity contribution in [3.63, 3.8) is 0 Å². The third-order valence-corrected chi connectivity index (χ3v) is 2.83. The quantitative estimate of drug-likeness (QED) is 0.818. The minimum absolute atomic E-state index is 0.0845. The maximum absolute atomic E-state index is 11.9. The summed E-state index contributed by atoms with van der Waals surface area (Å²) in [6, 6.07) is 11.0. The smallest absolute Gasteiger partial charge is 0.237 e. The fourth-order valence-electron chi connectivity index (χ4n) is 1.87. The van der Waals surface area contributed by atoms with Crippen molar-refractivity contribution in [1.82, 2.24) is 4.98 Å². The van der Waals surface area contributed by atoms with Gasteiger partial charge in [0.15, 0.2) is 0 Å². The molecule has 1 amide bonds. The van der Waals surface area contributed by atoms with Crippen LogP contribution < -0.4 is 15.8 Å². The Kier molecular flexibility index (Phi) is 4.55. The number of anilines is 2. The Labute approximate surface area is 117 Å². The van der Waals surface area contributed by atoms with Crippen LogP contribution in [0.4, 0.5) is 11.4 Å². The molecule has 2 rings (SSSR count). The SMILES string of the molecule is COc1ncccc1NC(=O)CCc1cccc(N)c1. The third kappa shape index (κ3) is 3.71. The molecular weight excluding hydrogens is 254 g/mol. The van der Waals surface area contributed by atoms with Crippen molar-refractivity contribution < 1.29 is 9.53 Å². The van der Waals surface area contributed by atoms with Crippen molar-refractivity contribution in [2.75, 3.05) is 18.2 Å². The van der Waals surface area contributed by atoms with E-state index in [1.807, 2.05) is 24.3 Å². The highest BCUT2D eigenvalue weighted by atomic mass is 16.5. The Hall–Kier alpha value is -2.56. The third-order valence-electron chi connectivity index (χ3n) is 2.83. The molecule has 0 radical (unpaired) electrons. The maximum Gasteiger partial charge on any atom is 0.237 e. The van der Waals surface area contributed by atoms with Gasteiger partial charge in [-0.15, -0.1) is 0 Å². The van der Waals surface area contributed by atoms with Crippen LogP contribution in [-0.4, -0.2) is 18.0 Å². The van der Waals surface area contributed by atoms with Gasteiger partial charge in [-0.25, -0.2) is 4.98 Å². The number of rotatable bonds is 5. The van der Waals surface area contributed by atoms with Gasteiger partial charge in [0.25, 0.3) is 0 Å². The first-order valence-electron chi connectivity index (χ1n) is 6.32. The van der Waals surface area contributed by atoms with E-state index >= 15 is 0 Å². The average molecular weight is 271 g/mol. The predicted molar refractivity (Wildman–Crippen MR) is 78.6 cm³/mol. The lowest BCUT2D eigenvalue weighted by Crippen LogP contribution is -2.13. The Morgan fingerprint density at radius 1 is 1.35 bits per heavy atom. The summed E-state index contributed by atoms with van der Waals surface area (Å²) in [6.07, 6.45) is 2.63. The van der Waals surface area contributed by atoms with Crippen LogP contribution in [0.25, 0.3) is 0 Å². The number of aryl methyl sites for hydroxylation is 1. The van der Waals surface area contributed by atoms with Gasteiger partial charge in [0.2, 0.25) is 11.8 Å². The second kappa shape index (κ2) is 6.56. The molecule has 1 aromatic heterocycles. The summed E-state index contributed by atoms with van der Waals surface area (Å²) in [5, 5.41) is 2.79. The molecule has 2 aromatic rings. The highest BCUT2D eigenvalue weighted by Gasteiger charge is 2.08. The van der Waals surface area contributed by atoms with Gasteiger partial charge in [-0.2, -0.15) is 0 Å². The maximum atomic E-state index is 11.9. The number of pyridine rings is 1. The number of benzene rings is 1. The van der Waals surface area contributed by atoms with Gasteiger partial charge in [-0.1, -0.05) is 12.1 Å². The summed E-state index contributed by atoms with van der Waals surface area (Å²) in [7, 11) is 1.52. The van der Waals surface area contributed by atoms with Crippen LogP contribution in [-0.2, 0) is 11.2 Å². The van der Waals surface area contributed by atoms with Crippen LogP contribution in [0.2, 0.25) is 0 Å². The highest BCUT2D eigenvalue weighted by molar-refractivity contribution is 5.91. The van der Waals surface area contributed by atoms with E-state index in [2.05, 4.69) is 10.3 Å². The predicted octanol–water partition coefficient (Wildman–Crippen LogP) is 2.24. The zero-order chi connectivity index (χ0) is 14.4. The van der Waals surface area contributed by atoms with E-state index in [0.717, 1.165) is 5.56 Å². The molecule has 1 heterocycles. The zero-order valence-corrected chi connectivity index (χ0v) is 11.3. The topological polar surface area (TPSA) is 77.2 Å². The summed E-state index contributed by atoms with van der Waals surface area (Å²) >= 11 is 0. The highest BCUT2D eigenvalue weighted by Crippen LogP contribution is 2.20. The van der Waals surface area contributed by atoms with Gasteiger partial charge >= 0.3 is 0 Å². The lowest BCUT2D eigenvalue weighted by Gasteiger charge is -2.08. The summed E-state index contributed by atoms with van der Waals surface area (Å²) in [6.45, 7) is 0. The molecule has 0 saturated heterocycles. The van der Waals surface area contributed by atoms with Crippen molar-refractivity contribution in [2.45, 2.75) is 12.8 Å². The summed E-state index contributed by atoms with van der Waals surface area (Å²) in [4.78, 5) is 15.9. The number of ether oxygens (including phenoxy) is 1. The number of methoxy groups -OCH3 is 1. The number of nitrogen functional groups attached to an aromatic ring is 1. The monoisotopic (exact) mass is 271 g/mol. The second-order valence-corrected chi connectivity index (χ2v) is 4.35. The molecule has 0 bridgehead atoms. The fourth-order valence-corrected chi connectivity index (χ4v) is 1.87. The molecule has 0 saturated carbocycles. The number of hydrogen-bond acceptors (Lipinski definition) is 4. The van der Waals surface area contributed by atoms with Gasteiger partial charge < -0.3 is 15.8 Å². The van der Waals surface area contributed by atoms with Gasteiger partial charge in [-0.05, 0) is 36.2 Å². The lowest BCUT2D eigenvalue weighted by atomic mass is 10.1. The molecule has 0 atom stereocenters. The minimum Gasteiger partial charge on any atom is -0.480 e. The molecular formula is C15H17N3O2. The Morgan fingerprint density at radius 2 is 2.20 bits per heavy atom. The molecule has 0 aliphatic heterocycles. The number of nitrogens with zero attached hydrogens (tertiary/aromatic N) is 1. The van der Waals surface area contributed by atoms with Gasteiger partial charge in [-0.3, -0.25) is 4.79 Å². The molecule has 5 nitrogen and oxygen atoms in total. The lowest BCUT2D eigenvalue weighted by molar-refractivity contribution is -0.116. The first kappa shape index (κ1) is 13.9. The van der Waals surface area contributed by atoms with Gasteiger partial charge in [0.05, 0.1) is 7.11 Å². The molecule has 20 heavy (non-hydrogen) atoms. The van der Waals surface area contributed by atoms with Crippen LogP contribution in [0.5, 0.6) is 5.88 Å². The molecule has 0 aliphatic rings. The largest absolute Gasteiger partial charge is 0.480 e. The van der Waals surface area contributed by atoms with E-state index in [4.69, 9.17) is 10.5 Å². The Morgan fingerprint density at radius 3 is 2.95 bits per heavy atom. The van der Waals surface area contributed by atoms with E-state index in [-0.39, 0.29) is 5.91 Å². The van der Waals surface area contributed by atoms with Crippen molar-refractivity contribution in [3.05, 3.63) is 48.2 Å². The van der Waals surface area contributed by atoms with E-state index in [1.165, 1.54) is 7.11 Å². The van der Waals surface area contributed by atoms with Crippen LogP contribution in [0.15, 0.2) is 42.6 Å². The van der Waals surface area contributed by atoms with Gasteiger partial charge in [0.1, 0.15) is 5.69 Å². The first-order chi connectivity index (χ1) is 9.69. The van der Waals surface area contributed by atoms with Gasteiger partial charge in [0, 0.05) is 18.3 Å².